The van der Waals surface area contributed by atoms with E-state index in [1.54, 1.807) is 0 Å². The fraction of sp³-hybridized carbons (Fsp3) is 0.412. The van der Waals surface area contributed by atoms with Gasteiger partial charge in [0.25, 0.3) is 5.91 Å². The largest absolute Gasteiger partial charge is 0.347 e. The maximum atomic E-state index is 12.6. The lowest BCUT2D eigenvalue weighted by Gasteiger charge is -2.30. The molecule has 116 valence electrons. The van der Waals surface area contributed by atoms with Gasteiger partial charge in [-0.25, -0.2) is 4.98 Å². The van der Waals surface area contributed by atoms with Crippen LogP contribution in [0.3, 0.4) is 0 Å². The number of hydrogen-bond donors (Lipinski definition) is 2. The molecule has 0 bridgehead atoms. The molecule has 2 N–H and O–H groups in total. The molecule has 1 aliphatic rings. The highest BCUT2D eigenvalue weighted by molar-refractivity contribution is 7.17. The molecule has 3 rings (SSSR count). The third-order valence-electron chi connectivity index (χ3n) is 4.17. The van der Waals surface area contributed by atoms with Crippen molar-refractivity contribution >= 4 is 17.2 Å². The third-order valence-corrected chi connectivity index (χ3v) is 5.37. The first-order chi connectivity index (χ1) is 10.6. The van der Waals surface area contributed by atoms with Crippen LogP contribution < -0.4 is 10.6 Å². The Kier molecular flexibility index (Phi) is 4.55. The second-order valence-corrected chi connectivity index (χ2v) is 6.85. The smallest absolute Gasteiger partial charge is 0.263 e. The predicted octanol–water partition coefficient (Wildman–Crippen LogP) is 2.85. The van der Waals surface area contributed by atoms with E-state index in [-0.39, 0.29) is 11.9 Å². The van der Waals surface area contributed by atoms with Gasteiger partial charge in [-0.05, 0) is 25.8 Å². The molecule has 0 aliphatic carbocycles. The van der Waals surface area contributed by atoms with Crippen LogP contribution in [0.1, 0.15) is 28.7 Å². The molecule has 2 unspecified atom stereocenters. The van der Waals surface area contributed by atoms with Gasteiger partial charge in [0, 0.05) is 18.2 Å². The van der Waals surface area contributed by atoms with E-state index >= 15 is 0 Å². The molecule has 2 atom stereocenters. The monoisotopic (exact) mass is 315 g/mol. The molecule has 0 radical (unpaired) electrons. The van der Waals surface area contributed by atoms with E-state index in [4.69, 9.17) is 0 Å². The summed E-state index contributed by atoms with van der Waals surface area (Å²) in [6, 6.07) is 10.2. The normalized spacial score (nSPS) is 21.5. The maximum Gasteiger partial charge on any atom is 0.263 e. The number of hydrogen-bond acceptors (Lipinski definition) is 4. The average Bonchev–Trinajstić information content (AvgIpc) is 2.92. The Morgan fingerprint density at radius 1 is 1.36 bits per heavy atom. The van der Waals surface area contributed by atoms with Crippen molar-refractivity contribution in [2.75, 3.05) is 13.1 Å². The molecule has 5 heteroatoms. The van der Waals surface area contributed by atoms with Crippen LogP contribution in [0.5, 0.6) is 0 Å². The molecule has 1 aliphatic heterocycles. The van der Waals surface area contributed by atoms with Gasteiger partial charge in [-0.15, -0.1) is 11.3 Å². The Labute approximate surface area is 135 Å². The first-order valence-electron chi connectivity index (χ1n) is 7.69. The van der Waals surface area contributed by atoms with Crippen molar-refractivity contribution in [1.82, 2.24) is 15.6 Å². The first kappa shape index (κ1) is 15.2. The minimum absolute atomic E-state index is 0.00210. The van der Waals surface area contributed by atoms with Crippen molar-refractivity contribution in [3.8, 4) is 10.6 Å². The van der Waals surface area contributed by atoms with E-state index in [1.165, 1.54) is 11.3 Å². The van der Waals surface area contributed by atoms with Crippen LogP contribution in [0, 0.1) is 12.8 Å². The Balaban J connectivity index is 1.77. The number of thiazole rings is 1. The molecular formula is C17H21N3OS. The summed E-state index contributed by atoms with van der Waals surface area (Å²) in [5.74, 6) is 0.504. The second kappa shape index (κ2) is 6.58. The topological polar surface area (TPSA) is 54.0 Å². The summed E-state index contributed by atoms with van der Waals surface area (Å²) in [5.41, 5.74) is 1.86. The average molecular weight is 315 g/mol. The quantitative estimate of drug-likeness (QED) is 0.916. The van der Waals surface area contributed by atoms with Crippen molar-refractivity contribution in [3.05, 3.63) is 40.9 Å². The standard InChI is InChI=1S/C17H21N3OS/c1-11-8-9-18-10-14(11)20-16(21)15-12(2)19-17(22-15)13-6-4-3-5-7-13/h3-7,11,14,18H,8-10H2,1-2H3,(H,20,21). The number of aromatic nitrogens is 1. The molecule has 1 saturated heterocycles. The van der Waals surface area contributed by atoms with Crippen LogP contribution in [0.15, 0.2) is 30.3 Å². The number of carbonyl (C=O) groups is 1. The van der Waals surface area contributed by atoms with E-state index in [2.05, 4.69) is 22.5 Å². The van der Waals surface area contributed by atoms with Gasteiger partial charge in [0.05, 0.1) is 5.69 Å². The van der Waals surface area contributed by atoms with Crippen LogP contribution in [0.2, 0.25) is 0 Å². The van der Waals surface area contributed by atoms with Crippen molar-refractivity contribution in [2.45, 2.75) is 26.3 Å². The molecule has 1 aromatic carbocycles. The van der Waals surface area contributed by atoms with E-state index in [1.807, 2.05) is 37.3 Å². The van der Waals surface area contributed by atoms with Crippen LogP contribution in [-0.2, 0) is 0 Å². The number of rotatable bonds is 3. The Morgan fingerprint density at radius 2 is 2.14 bits per heavy atom. The zero-order valence-corrected chi connectivity index (χ0v) is 13.7. The number of benzene rings is 1. The van der Waals surface area contributed by atoms with Gasteiger partial charge in [0.1, 0.15) is 9.88 Å². The van der Waals surface area contributed by atoms with E-state index in [0.29, 0.717) is 5.92 Å². The minimum atomic E-state index is -0.00210. The number of nitrogens with zero attached hydrogens (tertiary/aromatic N) is 1. The van der Waals surface area contributed by atoms with Gasteiger partial charge in [-0.1, -0.05) is 37.3 Å². The summed E-state index contributed by atoms with van der Waals surface area (Å²) in [7, 11) is 0. The fourth-order valence-electron chi connectivity index (χ4n) is 2.73. The summed E-state index contributed by atoms with van der Waals surface area (Å²) >= 11 is 1.47. The molecule has 1 aromatic heterocycles. The van der Waals surface area contributed by atoms with Crippen molar-refractivity contribution in [2.24, 2.45) is 5.92 Å². The highest BCUT2D eigenvalue weighted by atomic mass is 32.1. The van der Waals surface area contributed by atoms with Crippen molar-refractivity contribution in [1.29, 1.82) is 0 Å². The molecule has 2 aromatic rings. The van der Waals surface area contributed by atoms with Crippen LogP contribution in [0.25, 0.3) is 10.6 Å². The summed E-state index contributed by atoms with van der Waals surface area (Å²) in [6.45, 7) is 5.97. The lowest BCUT2D eigenvalue weighted by atomic mass is 9.95. The molecule has 4 nitrogen and oxygen atoms in total. The molecule has 1 amide bonds. The lowest BCUT2D eigenvalue weighted by Crippen LogP contribution is -2.50. The minimum Gasteiger partial charge on any atom is -0.347 e. The lowest BCUT2D eigenvalue weighted by molar-refractivity contribution is 0.0918. The molecule has 0 spiro atoms. The Hall–Kier alpha value is -1.72. The molecule has 0 saturated carbocycles. The van der Waals surface area contributed by atoms with Gasteiger partial charge < -0.3 is 10.6 Å². The highest BCUT2D eigenvalue weighted by Crippen LogP contribution is 2.28. The molecule has 1 fully saturated rings. The third kappa shape index (κ3) is 3.20. The van der Waals surface area contributed by atoms with Gasteiger partial charge in [0.15, 0.2) is 0 Å². The van der Waals surface area contributed by atoms with Crippen LogP contribution in [0.4, 0.5) is 0 Å². The summed E-state index contributed by atoms with van der Waals surface area (Å²) in [6.07, 6.45) is 1.10. The predicted molar refractivity (Wildman–Crippen MR) is 90.2 cm³/mol. The maximum absolute atomic E-state index is 12.6. The van der Waals surface area contributed by atoms with Gasteiger partial charge in [-0.2, -0.15) is 0 Å². The summed E-state index contributed by atoms with van der Waals surface area (Å²) in [5, 5.41) is 7.40. The fourth-order valence-corrected chi connectivity index (χ4v) is 3.70. The van der Waals surface area contributed by atoms with Crippen LogP contribution in [-0.4, -0.2) is 30.0 Å². The van der Waals surface area contributed by atoms with Gasteiger partial charge >= 0.3 is 0 Å². The molecular weight excluding hydrogens is 294 g/mol. The summed E-state index contributed by atoms with van der Waals surface area (Å²) in [4.78, 5) is 17.8. The van der Waals surface area contributed by atoms with Gasteiger partial charge in [-0.3, -0.25) is 4.79 Å². The number of nitrogens with one attached hydrogen (secondary N) is 2. The number of piperidine rings is 1. The zero-order chi connectivity index (χ0) is 15.5. The SMILES string of the molecule is Cc1nc(-c2ccccc2)sc1C(=O)NC1CNCCC1C. The van der Waals surface area contributed by atoms with Crippen LogP contribution >= 0.6 is 11.3 Å². The number of aryl methyl sites for hydroxylation is 1. The Bertz CT molecular complexity index is 653. The zero-order valence-electron chi connectivity index (χ0n) is 12.9. The summed E-state index contributed by atoms with van der Waals surface area (Å²) < 4.78 is 0. The number of amides is 1. The van der Waals surface area contributed by atoms with Gasteiger partial charge in [0.2, 0.25) is 0 Å². The first-order valence-corrected chi connectivity index (χ1v) is 8.51. The molecule has 2 heterocycles. The van der Waals surface area contributed by atoms with Crippen molar-refractivity contribution < 1.29 is 4.79 Å². The van der Waals surface area contributed by atoms with E-state index in [0.717, 1.165) is 40.7 Å². The van der Waals surface area contributed by atoms with E-state index in [9.17, 15) is 4.79 Å². The second-order valence-electron chi connectivity index (χ2n) is 5.85. The molecule has 22 heavy (non-hydrogen) atoms. The highest BCUT2D eigenvalue weighted by Gasteiger charge is 2.25. The van der Waals surface area contributed by atoms with Crippen molar-refractivity contribution in [3.63, 3.8) is 0 Å². The number of carbonyl (C=O) groups excluding carboxylic acids is 1. The Morgan fingerprint density at radius 3 is 2.86 bits per heavy atom. The van der Waals surface area contributed by atoms with E-state index < -0.39 is 0 Å².